The van der Waals surface area contributed by atoms with E-state index in [0.29, 0.717) is 31.3 Å². The molecule has 0 aromatic heterocycles. The highest BCUT2D eigenvalue weighted by atomic mass is 35.5. The van der Waals surface area contributed by atoms with Crippen LogP contribution in [0.1, 0.15) is 42.5 Å². The molecule has 1 aliphatic carbocycles. The van der Waals surface area contributed by atoms with E-state index in [2.05, 4.69) is 10.2 Å². The molecular weight excluding hydrogens is 424 g/mol. The number of amides is 1. The van der Waals surface area contributed by atoms with Crippen LogP contribution in [0.2, 0.25) is 5.02 Å². The average Bonchev–Trinajstić information content (AvgIpc) is 2.82. The molecule has 3 aliphatic rings. The van der Waals surface area contributed by atoms with Gasteiger partial charge in [0.15, 0.2) is 18.1 Å². The Labute approximate surface area is 187 Å². The Hall–Kier alpha value is -2.03. The maximum Gasteiger partial charge on any atom is 0.338 e. The highest BCUT2D eigenvalue weighted by Crippen LogP contribution is 2.38. The minimum absolute atomic E-state index is 0.0367. The minimum Gasteiger partial charge on any atom is -0.486 e. The predicted octanol–water partition coefficient (Wildman–Crippen LogP) is 2.42. The van der Waals surface area contributed by atoms with Gasteiger partial charge < -0.3 is 24.3 Å². The second kappa shape index (κ2) is 10.1. The quantitative estimate of drug-likeness (QED) is 0.663. The van der Waals surface area contributed by atoms with Gasteiger partial charge in [0.25, 0.3) is 5.91 Å². The van der Waals surface area contributed by atoms with E-state index in [0.717, 1.165) is 52.0 Å². The molecule has 0 radical (unpaired) electrons. The molecule has 1 saturated heterocycles. The van der Waals surface area contributed by atoms with E-state index in [1.54, 1.807) is 0 Å². The second-order valence-corrected chi connectivity index (χ2v) is 8.63. The first-order valence-corrected chi connectivity index (χ1v) is 11.3. The first-order valence-electron chi connectivity index (χ1n) is 10.9. The summed E-state index contributed by atoms with van der Waals surface area (Å²) < 4.78 is 21.6. The fourth-order valence-corrected chi connectivity index (χ4v) is 4.87. The lowest BCUT2D eigenvalue weighted by Gasteiger charge is -2.48. The van der Waals surface area contributed by atoms with Gasteiger partial charge in [-0.15, -0.1) is 0 Å². The third-order valence-electron chi connectivity index (χ3n) is 6.25. The normalized spacial score (nSPS) is 20.7. The van der Waals surface area contributed by atoms with Crippen molar-refractivity contribution in [3.8, 4) is 11.5 Å². The molecule has 31 heavy (non-hydrogen) atoms. The highest BCUT2D eigenvalue weighted by molar-refractivity contribution is 6.32. The van der Waals surface area contributed by atoms with Gasteiger partial charge in [-0.1, -0.05) is 30.9 Å². The van der Waals surface area contributed by atoms with Crippen LogP contribution in [0, 0.1) is 0 Å². The molecule has 1 amide bonds. The van der Waals surface area contributed by atoms with Crippen molar-refractivity contribution in [2.45, 2.75) is 37.6 Å². The fourth-order valence-electron chi connectivity index (χ4n) is 4.61. The van der Waals surface area contributed by atoms with Gasteiger partial charge in [-0.2, -0.15) is 0 Å². The van der Waals surface area contributed by atoms with Crippen molar-refractivity contribution < 1.29 is 28.5 Å². The fraction of sp³-hybridized carbons (Fsp3) is 0.636. The molecular formula is C22H29ClN2O6. The SMILES string of the molecule is O=C(COC(=O)c1cc(Cl)c2c(c1)OCCO2)NCC1(N2CCOCC2)CCCCC1. The summed E-state index contributed by atoms with van der Waals surface area (Å²) in [6.45, 7) is 4.23. The number of rotatable bonds is 6. The number of nitrogens with zero attached hydrogens (tertiary/aromatic N) is 1. The molecule has 0 unspecified atom stereocenters. The Morgan fingerprint density at radius 3 is 2.58 bits per heavy atom. The van der Waals surface area contributed by atoms with Gasteiger partial charge in [-0.05, 0) is 25.0 Å². The number of fused-ring (bicyclic) bond motifs is 1. The molecule has 2 heterocycles. The molecule has 1 saturated carbocycles. The van der Waals surface area contributed by atoms with E-state index < -0.39 is 5.97 Å². The molecule has 1 aromatic rings. The zero-order valence-corrected chi connectivity index (χ0v) is 18.4. The number of carbonyl (C=O) groups excluding carboxylic acids is 2. The number of halogens is 1. The predicted molar refractivity (Wildman–Crippen MR) is 114 cm³/mol. The molecule has 2 aliphatic heterocycles. The summed E-state index contributed by atoms with van der Waals surface area (Å²) in [5, 5.41) is 3.27. The summed E-state index contributed by atoms with van der Waals surface area (Å²) in [5.41, 5.74) is 0.185. The monoisotopic (exact) mass is 452 g/mol. The van der Waals surface area contributed by atoms with Crippen LogP contribution in [0.25, 0.3) is 0 Å². The number of morpholine rings is 1. The summed E-state index contributed by atoms with van der Waals surface area (Å²) in [4.78, 5) is 27.3. The molecule has 9 heteroatoms. The first-order chi connectivity index (χ1) is 15.1. The van der Waals surface area contributed by atoms with Crippen LogP contribution in [0.3, 0.4) is 0 Å². The largest absolute Gasteiger partial charge is 0.486 e. The third kappa shape index (κ3) is 5.25. The summed E-state index contributed by atoms with van der Waals surface area (Å²) >= 11 is 6.17. The van der Waals surface area contributed by atoms with Crippen LogP contribution in [0.5, 0.6) is 11.5 Å². The highest BCUT2D eigenvalue weighted by Gasteiger charge is 2.38. The minimum atomic E-state index is -0.630. The lowest BCUT2D eigenvalue weighted by Crippen LogP contribution is -2.59. The Bertz CT molecular complexity index is 805. The van der Waals surface area contributed by atoms with Crippen molar-refractivity contribution >= 4 is 23.5 Å². The van der Waals surface area contributed by atoms with Crippen LogP contribution in [0.4, 0.5) is 0 Å². The van der Waals surface area contributed by atoms with Crippen molar-refractivity contribution in [2.75, 3.05) is 52.7 Å². The molecule has 1 aromatic carbocycles. The Balaban J connectivity index is 1.31. The number of carbonyl (C=O) groups is 2. The van der Waals surface area contributed by atoms with Crippen molar-refractivity contribution in [3.63, 3.8) is 0 Å². The van der Waals surface area contributed by atoms with Gasteiger partial charge in [0.1, 0.15) is 13.2 Å². The number of benzene rings is 1. The summed E-state index contributed by atoms with van der Waals surface area (Å²) in [7, 11) is 0. The Kier molecular flexibility index (Phi) is 7.20. The molecule has 0 spiro atoms. The van der Waals surface area contributed by atoms with Gasteiger partial charge in [0.05, 0.1) is 23.8 Å². The number of nitrogens with one attached hydrogen (secondary N) is 1. The number of hydrogen-bond acceptors (Lipinski definition) is 7. The maximum atomic E-state index is 12.4. The molecule has 1 N–H and O–H groups in total. The van der Waals surface area contributed by atoms with Crippen molar-refractivity contribution in [2.24, 2.45) is 0 Å². The standard InChI is InChI=1S/C22H29ClN2O6/c23-17-12-16(13-18-20(17)30-11-10-29-18)21(27)31-14-19(26)24-15-22(4-2-1-3-5-22)25-6-8-28-9-7-25/h12-13H,1-11,14-15H2,(H,24,26). The van der Waals surface area contributed by atoms with Gasteiger partial charge in [-0.25, -0.2) is 4.79 Å². The smallest absolute Gasteiger partial charge is 0.338 e. The van der Waals surface area contributed by atoms with E-state index in [1.807, 2.05) is 0 Å². The van der Waals surface area contributed by atoms with Crippen LogP contribution < -0.4 is 14.8 Å². The van der Waals surface area contributed by atoms with Gasteiger partial charge in [0, 0.05) is 25.2 Å². The van der Waals surface area contributed by atoms with Crippen molar-refractivity contribution in [1.82, 2.24) is 10.2 Å². The molecule has 170 valence electrons. The summed E-state index contributed by atoms with van der Waals surface area (Å²) in [6.07, 6.45) is 5.67. The Morgan fingerprint density at radius 1 is 1.06 bits per heavy atom. The van der Waals surface area contributed by atoms with Gasteiger partial charge >= 0.3 is 5.97 Å². The van der Waals surface area contributed by atoms with E-state index >= 15 is 0 Å². The molecule has 2 fully saturated rings. The molecule has 0 bridgehead atoms. The zero-order valence-electron chi connectivity index (χ0n) is 17.6. The molecule has 0 atom stereocenters. The van der Waals surface area contributed by atoms with E-state index in [1.165, 1.54) is 18.6 Å². The first kappa shape index (κ1) is 22.2. The maximum absolute atomic E-state index is 12.4. The second-order valence-electron chi connectivity index (χ2n) is 8.22. The van der Waals surface area contributed by atoms with Crippen LogP contribution >= 0.6 is 11.6 Å². The van der Waals surface area contributed by atoms with E-state index in [9.17, 15) is 9.59 Å². The summed E-state index contributed by atoms with van der Waals surface area (Å²) in [5.74, 6) is -0.118. The van der Waals surface area contributed by atoms with Crippen molar-refractivity contribution in [3.05, 3.63) is 22.7 Å². The van der Waals surface area contributed by atoms with E-state index in [-0.39, 0.29) is 28.6 Å². The summed E-state index contributed by atoms with van der Waals surface area (Å²) in [6, 6.07) is 2.99. The van der Waals surface area contributed by atoms with Gasteiger partial charge in [0.2, 0.25) is 0 Å². The number of hydrogen-bond donors (Lipinski definition) is 1. The lowest BCUT2D eigenvalue weighted by molar-refractivity contribution is -0.125. The van der Waals surface area contributed by atoms with Crippen LogP contribution in [0.15, 0.2) is 12.1 Å². The zero-order chi connectivity index (χ0) is 21.7. The number of esters is 1. The van der Waals surface area contributed by atoms with Gasteiger partial charge in [-0.3, -0.25) is 9.69 Å². The lowest BCUT2D eigenvalue weighted by atomic mass is 9.79. The Morgan fingerprint density at radius 2 is 1.81 bits per heavy atom. The van der Waals surface area contributed by atoms with Crippen molar-refractivity contribution in [1.29, 1.82) is 0 Å². The average molecular weight is 453 g/mol. The molecule has 8 nitrogen and oxygen atoms in total. The third-order valence-corrected chi connectivity index (χ3v) is 6.53. The topological polar surface area (TPSA) is 86.3 Å². The van der Waals surface area contributed by atoms with Crippen LogP contribution in [-0.2, 0) is 14.3 Å². The molecule has 4 rings (SSSR count). The van der Waals surface area contributed by atoms with E-state index in [4.69, 9.17) is 30.5 Å². The van der Waals surface area contributed by atoms with Crippen LogP contribution in [-0.4, -0.2) is 75.0 Å². The number of ether oxygens (including phenoxy) is 4.